The molecule has 0 unspecified atom stereocenters. The number of hydrogen-bond donors (Lipinski definition) is 1. The van der Waals surface area contributed by atoms with Gasteiger partial charge in [-0.2, -0.15) is 0 Å². The number of methoxy groups -OCH3 is 3. The Balaban J connectivity index is 2.37. The van der Waals surface area contributed by atoms with Gasteiger partial charge in [-0.3, -0.25) is 4.79 Å². The lowest BCUT2D eigenvalue weighted by molar-refractivity contribution is 0.0961. The van der Waals surface area contributed by atoms with Gasteiger partial charge in [0, 0.05) is 17.1 Å². The van der Waals surface area contributed by atoms with Gasteiger partial charge in [-0.1, -0.05) is 12.1 Å². The van der Waals surface area contributed by atoms with Gasteiger partial charge < -0.3 is 19.5 Å². The molecule has 0 atom stereocenters. The molecule has 25 heavy (non-hydrogen) atoms. The molecule has 2 rings (SSSR count). The summed E-state index contributed by atoms with van der Waals surface area (Å²) in [6.07, 6.45) is 1.48. The summed E-state index contributed by atoms with van der Waals surface area (Å²) in [6.45, 7) is 0. The number of carbonyl (C=O) groups excluding carboxylic acids is 1. The highest BCUT2D eigenvalue weighted by Gasteiger charge is 2.21. The second-order valence-corrected chi connectivity index (χ2v) is 6.17. The van der Waals surface area contributed by atoms with E-state index in [9.17, 15) is 4.79 Å². The summed E-state index contributed by atoms with van der Waals surface area (Å²) < 4.78 is 16.8. The topological polar surface area (TPSA) is 56.8 Å². The van der Waals surface area contributed by atoms with Crippen LogP contribution >= 0.6 is 15.9 Å². The fourth-order valence-corrected chi connectivity index (χ4v) is 3.30. The predicted octanol–water partition coefficient (Wildman–Crippen LogP) is 3.62. The number of hydrogen-bond acceptors (Lipinski definition) is 4. The van der Waals surface area contributed by atoms with Gasteiger partial charge in [-0.15, -0.1) is 0 Å². The number of ether oxygens (including phenoxy) is 3. The standard InChI is InChI=1S/C19H22BrNO4/c1-21-19(22)15-11-16(24-3)18(25-4)14(17(15)20)10-7-12-5-8-13(23-2)9-6-12/h5-6,8-9,11H,7,10H2,1-4H3,(H,21,22). The van der Waals surface area contributed by atoms with Crippen molar-refractivity contribution in [2.75, 3.05) is 28.4 Å². The first kappa shape index (κ1) is 19.1. The van der Waals surface area contributed by atoms with Gasteiger partial charge >= 0.3 is 0 Å². The van der Waals surface area contributed by atoms with Gasteiger partial charge in [-0.05, 0) is 52.5 Å². The molecule has 0 fully saturated rings. The summed E-state index contributed by atoms with van der Waals surface area (Å²) in [5.74, 6) is 1.81. The van der Waals surface area contributed by atoms with Crippen molar-refractivity contribution in [1.82, 2.24) is 5.32 Å². The van der Waals surface area contributed by atoms with E-state index in [-0.39, 0.29) is 5.91 Å². The first-order chi connectivity index (χ1) is 12.0. The fourth-order valence-electron chi connectivity index (χ4n) is 2.63. The monoisotopic (exact) mass is 407 g/mol. The van der Waals surface area contributed by atoms with Crippen LogP contribution < -0.4 is 19.5 Å². The van der Waals surface area contributed by atoms with Crippen molar-refractivity contribution < 1.29 is 19.0 Å². The Labute approximate surface area is 156 Å². The Hall–Kier alpha value is -2.21. The van der Waals surface area contributed by atoms with Crippen LogP contribution in [-0.4, -0.2) is 34.3 Å². The van der Waals surface area contributed by atoms with Gasteiger partial charge in [-0.25, -0.2) is 0 Å². The number of nitrogens with one attached hydrogen (secondary N) is 1. The van der Waals surface area contributed by atoms with Gasteiger partial charge in [0.1, 0.15) is 5.75 Å². The van der Waals surface area contributed by atoms with Crippen LogP contribution in [0.4, 0.5) is 0 Å². The predicted molar refractivity (Wildman–Crippen MR) is 101 cm³/mol. The third kappa shape index (κ3) is 4.25. The van der Waals surface area contributed by atoms with Crippen LogP contribution in [0.2, 0.25) is 0 Å². The van der Waals surface area contributed by atoms with Crippen molar-refractivity contribution in [3.05, 3.63) is 51.5 Å². The highest BCUT2D eigenvalue weighted by atomic mass is 79.9. The molecular weight excluding hydrogens is 386 g/mol. The average molecular weight is 408 g/mol. The van der Waals surface area contributed by atoms with Crippen LogP contribution in [0.15, 0.2) is 34.8 Å². The smallest absolute Gasteiger partial charge is 0.252 e. The summed E-state index contributed by atoms with van der Waals surface area (Å²) in [4.78, 5) is 12.1. The normalized spacial score (nSPS) is 10.3. The molecule has 0 radical (unpaired) electrons. The molecule has 1 amide bonds. The minimum atomic E-state index is -0.182. The summed E-state index contributed by atoms with van der Waals surface area (Å²) in [7, 11) is 6.41. The maximum absolute atomic E-state index is 12.1. The van der Waals surface area contributed by atoms with E-state index in [2.05, 4.69) is 21.2 Å². The van der Waals surface area contributed by atoms with Crippen LogP contribution in [-0.2, 0) is 12.8 Å². The molecule has 2 aromatic rings. The third-order valence-electron chi connectivity index (χ3n) is 3.99. The molecule has 0 spiro atoms. The number of amides is 1. The lowest BCUT2D eigenvalue weighted by atomic mass is 10.0. The number of carbonyl (C=O) groups is 1. The second-order valence-electron chi connectivity index (χ2n) is 5.38. The molecule has 0 bridgehead atoms. The van der Waals surface area contributed by atoms with Crippen LogP contribution in [0.3, 0.4) is 0 Å². The second kappa shape index (κ2) is 8.76. The quantitative estimate of drug-likeness (QED) is 0.761. The Morgan fingerprint density at radius 2 is 1.72 bits per heavy atom. The van der Waals surface area contributed by atoms with E-state index in [0.717, 1.165) is 22.2 Å². The molecule has 0 aliphatic heterocycles. The highest BCUT2D eigenvalue weighted by molar-refractivity contribution is 9.10. The minimum absolute atomic E-state index is 0.182. The molecule has 6 heteroatoms. The van der Waals surface area contributed by atoms with Crippen molar-refractivity contribution in [2.45, 2.75) is 12.8 Å². The maximum atomic E-state index is 12.1. The van der Waals surface area contributed by atoms with Gasteiger partial charge in [0.05, 0.1) is 26.9 Å². The first-order valence-corrected chi connectivity index (χ1v) is 8.63. The minimum Gasteiger partial charge on any atom is -0.497 e. The largest absolute Gasteiger partial charge is 0.497 e. The van der Waals surface area contributed by atoms with Crippen LogP contribution in [0.1, 0.15) is 21.5 Å². The SMILES string of the molecule is CNC(=O)c1cc(OC)c(OC)c(CCc2ccc(OC)cc2)c1Br. The first-order valence-electron chi connectivity index (χ1n) is 7.84. The molecule has 0 heterocycles. The Bertz CT molecular complexity index is 744. The maximum Gasteiger partial charge on any atom is 0.252 e. The van der Waals surface area contributed by atoms with E-state index in [4.69, 9.17) is 14.2 Å². The van der Waals surface area contributed by atoms with E-state index in [1.807, 2.05) is 24.3 Å². The molecule has 0 aromatic heterocycles. The van der Waals surface area contributed by atoms with E-state index < -0.39 is 0 Å². The van der Waals surface area contributed by atoms with Crippen molar-refractivity contribution in [1.29, 1.82) is 0 Å². The average Bonchev–Trinajstić information content (AvgIpc) is 2.66. The summed E-state index contributed by atoms with van der Waals surface area (Å²) in [6, 6.07) is 9.60. The van der Waals surface area contributed by atoms with Crippen LogP contribution in [0, 0.1) is 0 Å². The molecule has 0 aliphatic carbocycles. The van der Waals surface area contributed by atoms with Gasteiger partial charge in [0.15, 0.2) is 11.5 Å². The number of aryl methyl sites for hydroxylation is 1. The molecule has 0 saturated carbocycles. The van der Waals surface area contributed by atoms with E-state index in [1.165, 1.54) is 5.56 Å². The van der Waals surface area contributed by atoms with Gasteiger partial charge in [0.2, 0.25) is 0 Å². The number of benzene rings is 2. The summed E-state index contributed by atoms with van der Waals surface area (Å²) in [5, 5.41) is 2.65. The molecule has 5 nitrogen and oxygen atoms in total. The zero-order valence-electron chi connectivity index (χ0n) is 14.8. The molecule has 0 aliphatic rings. The Kier molecular flexibility index (Phi) is 6.70. The molecule has 1 N–H and O–H groups in total. The van der Waals surface area contributed by atoms with Crippen LogP contribution in [0.5, 0.6) is 17.2 Å². The highest BCUT2D eigenvalue weighted by Crippen LogP contribution is 2.39. The van der Waals surface area contributed by atoms with Crippen LogP contribution in [0.25, 0.3) is 0 Å². The van der Waals surface area contributed by atoms with E-state index >= 15 is 0 Å². The van der Waals surface area contributed by atoms with E-state index in [1.54, 1.807) is 34.4 Å². The van der Waals surface area contributed by atoms with E-state index in [0.29, 0.717) is 23.5 Å². The van der Waals surface area contributed by atoms with Crippen molar-refractivity contribution in [3.63, 3.8) is 0 Å². The molecule has 134 valence electrons. The molecule has 2 aromatic carbocycles. The summed E-state index contributed by atoms with van der Waals surface area (Å²) in [5.41, 5.74) is 2.58. The Morgan fingerprint density at radius 3 is 2.24 bits per heavy atom. The number of rotatable bonds is 7. The lowest BCUT2D eigenvalue weighted by Crippen LogP contribution is -2.19. The summed E-state index contributed by atoms with van der Waals surface area (Å²) >= 11 is 3.56. The van der Waals surface area contributed by atoms with Crippen molar-refractivity contribution in [3.8, 4) is 17.2 Å². The Morgan fingerprint density at radius 1 is 1.04 bits per heavy atom. The number of halogens is 1. The van der Waals surface area contributed by atoms with Crippen molar-refractivity contribution in [2.24, 2.45) is 0 Å². The zero-order chi connectivity index (χ0) is 18.4. The third-order valence-corrected chi connectivity index (χ3v) is 4.90. The molecule has 0 saturated heterocycles. The zero-order valence-corrected chi connectivity index (χ0v) is 16.4. The van der Waals surface area contributed by atoms with Crippen molar-refractivity contribution >= 4 is 21.8 Å². The molecular formula is C19H22BrNO4. The lowest BCUT2D eigenvalue weighted by Gasteiger charge is -2.17. The van der Waals surface area contributed by atoms with Gasteiger partial charge in [0.25, 0.3) is 5.91 Å². The fraction of sp³-hybridized carbons (Fsp3) is 0.316.